The van der Waals surface area contributed by atoms with Crippen molar-refractivity contribution >= 4 is 17.4 Å². The van der Waals surface area contributed by atoms with Crippen LogP contribution in [0.1, 0.15) is 30.1 Å². The monoisotopic (exact) mass is 273 g/mol. The maximum absolute atomic E-state index is 12.0. The maximum Gasteiger partial charge on any atom is 0.333 e. The van der Waals surface area contributed by atoms with E-state index in [4.69, 9.17) is 0 Å². The summed E-state index contributed by atoms with van der Waals surface area (Å²) in [6, 6.07) is 7.64. The molecule has 4 heteroatoms. The number of fused-ring (bicyclic) bond motifs is 1. The number of hydrogen-bond acceptors (Lipinski definition) is 4. The summed E-state index contributed by atoms with van der Waals surface area (Å²) in [7, 11) is 1.37. The summed E-state index contributed by atoms with van der Waals surface area (Å²) in [5.74, 6) is -0.124. The average Bonchev–Trinajstić information content (AvgIpc) is 2.64. The Morgan fingerprint density at radius 2 is 2.15 bits per heavy atom. The summed E-state index contributed by atoms with van der Waals surface area (Å²) in [5, 5.41) is 0. The molecular weight excluding hydrogens is 254 g/mol. The Balaban J connectivity index is 2.22. The molecule has 0 saturated heterocycles. The highest BCUT2D eigenvalue weighted by Crippen LogP contribution is 2.26. The molecule has 0 unspecified atom stereocenters. The van der Waals surface area contributed by atoms with E-state index in [2.05, 4.69) is 9.64 Å². The molecule has 1 heterocycles. The molecule has 4 nitrogen and oxygen atoms in total. The van der Waals surface area contributed by atoms with Crippen LogP contribution in [0.4, 0.5) is 5.69 Å². The van der Waals surface area contributed by atoms with Gasteiger partial charge in [0.2, 0.25) is 0 Å². The van der Waals surface area contributed by atoms with Crippen LogP contribution < -0.4 is 4.90 Å². The molecule has 2 rings (SSSR count). The summed E-state index contributed by atoms with van der Waals surface area (Å²) in [6.07, 6.45) is 3.25. The van der Waals surface area contributed by atoms with Crippen LogP contribution in [0.3, 0.4) is 0 Å². The van der Waals surface area contributed by atoms with E-state index < -0.39 is 0 Å². The first-order valence-corrected chi connectivity index (χ1v) is 6.75. The summed E-state index contributed by atoms with van der Waals surface area (Å²) < 4.78 is 4.68. The molecule has 1 aromatic rings. The number of ketones is 1. The summed E-state index contributed by atoms with van der Waals surface area (Å²) in [6.45, 7) is 3.15. The van der Waals surface area contributed by atoms with Crippen LogP contribution in [0.25, 0.3) is 0 Å². The lowest BCUT2D eigenvalue weighted by Crippen LogP contribution is -2.24. The van der Waals surface area contributed by atoms with Gasteiger partial charge in [-0.25, -0.2) is 4.79 Å². The predicted molar refractivity (Wildman–Crippen MR) is 78.0 cm³/mol. The lowest BCUT2D eigenvalue weighted by Gasteiger charge is -2.23. The molecule has 0 fully saturated rings. The van der Waals surface area contributed by atoms with Crippen molar-refractivity contribution in [1.29, 1.82) is 0 Å². The smallest absolute Gasteiger partial charge is 0.333 e. The Labute approximate surface area is 119 Å². The van der Waals surface area contributed by atoms with Gasteiger partial charge in [-0.05, 0) is 25.5 Å². The zero-order valence-corrected chi connectivity index (χ0v) is 11.9. The molecule has 106 valence electrons. The summed E-state index contributed by atoms with van der Waals surface area (Å²) in [5.41, 5.74) is 2.30. The zero-order valence-electron chi connectivity index (χ0n) is 11.9. The molecule has 1 aliphatic heterocycles. The van der Waals surface area contributed by atoms with Gasteiger partial charge in [0, 0.05) is 36.3 Å². The number of carbonyl (C=O) groups excluding carboxylic acids is 2. The van der Waals surface area contributed by atoms with E-state index in [1.54, 1.807) is 6.92 Å². The van der Waals surface area contributed by atoms with Crippen LogP contribution in [0.5, 0.6) is 0 Å². The van der Waals surface area contributed by atoms with Gasteiger partial charge in [0.15, 0.2) is 5.78 Å². The van der Waals surface area contributed by atoms with Gasteiger partial charge in [0.25, 0.3) is 0 Å². The number of carbonyl (C=O) groups is 2. The number of hydrogen-bond donors (Lipinski definition) is 0. The van der Waals surface area contributed by atoms with Gasteiger partial charge in [-0.3, -0.25) is 4.79 Å². The van der Waals surface area contributed by atoms with Crippen molar-refractivity contribution in [3.05, 3.63) is 41.5 Å². The predicted octanol–water partition coefficient (Wildman–Crippen LogP) is 2.59. The molecule has 0 aromatic heterocycles. The molecule has 20 heavy (non-hydrogen) atoms. The minimum atomic E-state index is -0.316. The van der Waals surface area contributed by atoms with Gasteiger partial charge in [-0.1, -0.05) is 18.2 Å². The zero-order chi connectivity index (χ0) is 14.5. The minimum absolute atomic E-state index is 0.191. The number of Topliss-reactive ketones (excluding diaryl/α,β-unsaturated/α-hetero) is 1. The van der Waals surface area contributed by atoms with E-state index in [1.807, 2.05) is 30.3 Å². The molecule has 0 aliphatic carbocycles. The molecule has 0 N–H and O–H groups in total. The van der Waals surface area contributed by atoms with Crippen molar-refractivity contribution in [3.8, 4) is 0 Å². The SMILES string of the molecule is COC(=O)/C(C)=C/CN1CCCC(=O)c2ccccc21. The minimum Gasteiger partial charge on any atom is -0.466 e. The number of para-hydroxylation sites is 1. The largest absolute Gasteiger partial charge is 0.466 e. The number of anilines is 1. The van der Waals surface area contributed by atoms with Crippen molar-refractivity contribution < 1.29 is 14.3 Å². The highest BCUT2D eigenvalue weighted by molar-refractivity contribution is 6.02. The van der Waals surface area contributed by atoms with Gasteiger partial charge in [0.1, 0.15) is 0 Å². The summed E-state index contributed by atoms with van der Waals surface area (Å²) in [4.78, 5) is 25.5. The lowest BCUT2D eigenvalue weighted by molar-refractivity contribution is -0.136. The van der Waals surface area contributed by atoms with Gasteiger partial charge >= 0.3 is 5.97 Å². The Bertz CT molecular complexity index is 548. The number of methoxy groups -OCH3 is 1. The summed E-state index contributed by atoms with van der Waals surface area (Å²) >= 11 is 0. The van der Waals surface area contributed by atoms with E-state index in [0.717, 1.165) is 24.2 Å². The molecule has 0 amide bonds. The van der Waals surface area contributed by atoms with Crippen LogP contribution in [0.2, 0.25) is 0 Å². The fourth-order valence-electron chi connectivity index (χ4n) is 2.35. The fraction of sp³-hybridized carbons (Fsp3) is 0.375. The standard InChI is InChI=1S/C16H19NO3/c1-12(16(19)20-2)9-11-17-10-5-8-15(18)13-6-3-4-7-14(13)17/h3-4,6-7,9H,5,8,10-11H2,1-2H3/b12-9+. The van der Waals surface area contributed by atoms with Crippen molar-refractivity contribution in [1.82, 2.24) is 0 Å². The van der Waals surface area contributed by atoms with Crippen LogP contribution in [-0.2, 0) is 9.53 Å². The Morgan fingerprint density at radius 1 is 1.40 bits per heavy atom. The number of ether oxygens (including phenoxy) is 1. The highest BCUT2D eigenvalue weighted by Gasteiger charge is 2.19. The quantitative estimate of drug-likeness (QED) is 0.627. The first kappa shape index (κ1) is 14.3. The Kier molecular flexibility index (Phi) is 4.56. The van der Waals surface area contributed by atoms with Crippen molar-refractivity contribution in [3.63, 3.8) is 0 Å². The average molecular weight is 273 g/mol. The highest BCUT2D eigenvalue weighted by atomic mass is 16.5. The molecule has 0 radical (unpaired) electrons. The van der Waals surface area contributed by atoms with Crippen LogP contribution >= 0.6 is 0 Å². The second-order valence-electron chi connectivity index (χ2n) is 4.87. The second-order valence-corrected chi connectivity index (χ2v) is 4.87. The topological polar surface area (TPSA) is 46.6 Å². The maximum atomic E-state index is 12.0. The van der Waals surface area contributed by atoms with Crippen LogP contribution in [0, 0.1) is 0 Å². The number of nitrogens with zero attached hydrogens (tertiary/aromatic N) is 1. The van der Waals surface area contributed by atoms with E-state index in [9.17, 15) is 9.59 Å². The van der Waals surface area contributed by atoms with Crippen LogP contribution in [-0.4, -0.2) is 32.0 Å². The second kappa shape index (κ2) is 6.37. The third-order valence-electron chi connectivity index (χ3n) is 3.50. The van der Waals surface area contributed by atoms with Gasteiger partial charge in [-0.15, -0.1) is 0 Å². The van der Waals surface area contributed by atoms with E-state index in [1.165, 1.54) is 7.11 Å². The Morgan fingerprint density at radius 3 is 2.90 bits per heavy atom. The van der Waals surface area contributed by atoms with E-state index >= 15 is 0 Å². The number of benzene rings is 1. The van der Waals surface area contributed by atoms with E-state index in [-0.39, 0.29) is 11.8 Å². The first-order chi connectivity index (χ1) is 9.63. The van der Waals surface area contributed by atoms with Crippen LogP contribution in [0.15, 0.2) is 35.9 Å². The van der Waals surface area contributed by atoms with Gasteiger partial charge in [0.05, 0.1) is 7.11 Å². The number of rotatable bonds is 3. The van der Waals surface area contributed by atoms with Gasteiger partial charge < -0.3 is 9.64 Å². The molecule has 0 atom stereocenters. The lowest BCUT2D eigenvalue weighted by atomic mass is 10.1. The molecule has 0 bridgehead atoms. The third-order valence-corrected chi connectivity index (χ3v) is 3.50. The first-order valence-electron chi connectivity index (χ1n) is 6.75. The Hall–Kier alpha value is -2.10. The van der Waals surface area contributed by atoms with Crippen molar-refractivity contribution in [2.24, 2.45) is 0 Å². The third kappa shape index (κ3) is 3.07. The molecule has 1 aliphatic rings. The molecule has 0 spiro atoms. The van der Waals surface area contributed by atoms with Gasteiger partial charge in [-0.2, -0.15) is 0 Å². The number of esters is 1. The molecular formula is C16H19NO3. The fourth-order valence-corrected chi connectivity index (χ4v) is 2.35. The van der Waals surface area contributed by atoms with Crippen molar-refractivity contribution in [2.75, 3.05) is 25.1 Å². The normalized spacial score (nSPS) is 15.6. The molecule has 1 aromatic carbocycles. The van der Waals surface area contributed by atoms with Crippen molar-refractivity contribution in [2.45, 2.75) is 19.8 Å². The molecule has 0 saturated carbocycles. The van der Waals surface area contributed by atoms with E-state index in [0.29, 0.717) is 18.5 Å².